The Kier molecular flexibility index (Phi) is 1.65. The van der Waals surface area contributed by atoms with Gasteiger partial charge in [0.05, 0.1) is 0 Å². The van der Waals surface area contributed by atoms with Gasteiger partial charge in [-0.2, -0.15) is 0 Å². The number of rotatable bonds is 1. The Morgan fingerprint density at radius 1 is 1.75 bits per heavy atom. The highest BCUT2D eigenvalue weighted by Crippen LogP contribution is 2.29. The predicted molar refractivity (Wildman–Crippen MR) is 44.0 cm³/mol. The Labute approximate surface area is 71.0 Å². The van der Waals surface area contributed by atoms with Crippen molar-refractivity contribution in [3.8, 4) is 0 Å². The van der Waals surface area contributed by atoms with E-state index in [1.807, 2.05) is 0 Å². The molecule has 2 aliphatic heterocycles. The molecule has 1 unspecified atom stereocenters. The van der Waals surface area contributed by atoms with Gasteiger partial charge in [0.2, 0.25) is 0 Å². The number of nitrogens with zero attached hydrogens (tertiary/aromatic N) is 1. The monoisotopic (exact) mass is 168 g/mol. The van der Waals surface area contributed by atoms with Crippen molar-refractivity contribution >= 4 is 11.5 Å². The minimum atomic E-state index is -0.193. The van der Waals surface area contributed by atoms with E-state index in [1.165, 1.54) is 6.92 Å². The number of carbonyl (C=O) groups excluding carboxylic acids is 1. The molecule has 4 nitrogen and oxygen atoms in total. The lowest BCUT2D eigenvalue weighted by Gasteiger charge is -2.17. The third kappa shape index (κ3) is 1.12. The predicted octanol–water partition coefficient (Wildman–Crippen LogP) is 0.0838. The first-order chi connectivity index (χ1) is 5.72. The van der Waals surface area contributed by atoms with E-state index in [0.717, 1.165) is 19.5 Å². The van der Waals surface area contributed by atoms with Gasteiger partial charge >= 0.3 is 0 Å². The number of carbonyl (C=O) groups is 1. The molecule has 4 heteroatoms. The Balaban J connectivity index is 2.06. The summed E-state index contributed by atoms with van der Waals surface area (Å²) in [4.78, 5) is 16.2. The first-order valence-corrected chi connectivity index (χ1v) is 4.19. The van der Waals surface area contributed by atoms with E-state index in [0.29, 0.717) is 12.1 Å². The summed E-state index contributed by atoms with van der Waals surface area (Å²) < 4.78 is 0. The average molecular weight is 168 g/mol. The Hall–Kier alpha value is -0.900. The van der Waals surface area contributed by atoms with Crippen molar-refractivity contribution in [3.63, 3.8) is 0 Å². The Bertz CT molecular complexity index is 241. The molecule has 1 saturated heterocycles. The van der Waals surface area contributed by atoms with Gasteiger partial charge in [-0.3, -0.25) is 4.79 Å². The molecule has 0 amide bonds. The molecule has 0 aliphatic carbocycles. The summed E-state index contributed by atoms with van der Waals surface area (Å²) >= 11 is 0. The quantitative estimate of drug-likeness (QED) is 0.603. The second kappa shape index (κ2) is 2.55. The van der Waals surface area contributed by atoms with Crippen LogP contribution in [-0.4, -0.2) is 30.2 Å². The second-order valence-corrected chi connectivity index (χ2v) is 3.47. The van der Waals surface area contributed by atoms with E-state index in [-0.39, 0.29) is 11.4 Å². The highest BCUT2D eigenvalue weighted by molar-refractivity contribution is 6.39. The van der Waals surface area contributed by atoms with Crippen LogP contribution in [-0.2, 0) is 9.63 Å². The maximum Gasteiger partial charge on any atom is 0.177 e. The summed E-state index contributed by atoms with van der Waals surface area (Å²) in [5.41, 5.74) is 0.389. The van der Waals surface area contributed by atoms with Crippen LogP contribution in [0.3, 0.4) is 0 Å². The number of hydrogen-bond donors (Lipinski definition) is 1. The van der Waals surface area contributed by atoms with E-state index in [1.54, 1.807) is 0 Å². The van der Waals surface area contributed by atoms with Gasteiger partial charge in [-0.05, 0) is 6.54 Å². The zero-order chi connectivity index (χ0) is 8.60. The molecule has 66 valence electrons. The molecular formula is C8H12N2O2. The normalized spacial score (nSPS) is 33.6. The average Bonchev–Trinajstić information content (AvgIpc) is 2.62. The molecule has 1 atom stereocenters. The van der Waals surface area contributed by atoms with Gasteiger partial charge in [-0.25, -0.2) is 0 Å². The van der Waals surface area contributed by atoms with Gasteiger partial charge < -0.3 is 10.2 Å². The molecule has 0 aromatic heterocycles. The maximum absolute atomic E-state index is 11.0. The van der Waals surface area contributed by atoms with Gasteiger partial charge in [0, 0.05) is 26.3 Å². The first-order valence-electron chi connectivity index (χ1n) is 4.19. The molecule has 2 aliphatic rings. The van der Waals surface area contributed by atoms with Crippen molar-refractivity contribution < 1.29 is 9.63 Å². The Morgan fingerprint density at radius 3 is 3.08 bits per heavy atom. The summed E-state index contributed by atoms with van der Waals surface area (Å²) in [6.07, 6.45) is 1.63. The molecule has 0 aromatic rings. The topological polar surface area (TPSA) is 50.7 Å². The molecule has 1 fully saturated rings. The van der Waals surface area contributed by atoms with E-state index in [2.05, 4.69) is 10.5 Å². The fraction of sp³-hybridized carbons (Fsp3) is 0.750. The maximum atomic E-state index is 11.0. The van der Waals surface area contributed by atoms with Crippen molar-refractivity contribution in [3.05, 3.63) is 0 Å². The van der Waals surface area contributed by atoms with Gasteiger partial charge in [0.1, 0.15) is 5.71 Å². The van der Waals surface area contributed by atoms with Crippen LogP contribution in [0.4, 0.5) is 0 Å². The third-order valence-electron chi connectivity index (χ3n) is 2.45. The van der Waals surface area contributed by atoms with Crippen LogP contribution in [0.2, 0.25) is 0 Å². The van der Waals surface area contributed by atoms with Gasteiger partial charge in [-0.1, -0.05) is 5.16 Å². The van der Waals surface area contributed by atoms with Crippen LogP contribution in [0.5, 0.6) is 0 Å². The van der Waals surface area contributed by atoms with Crippen LogP contribution < -0.4 is 5.32 Å². The fourth-order valence-electron chi connectivity index (χ4n) is 1.66. The highest BCUT2D eigenvalue weighted by Gasteiger charge is 2.42. The molecule has 0 bridgehead atoms. The zero-order valence-electron chi connectivity index (χ0n) is 7.09. The van der Waals surface area contributed by atoms with Crippen molar-refractivity contribution in [1.29, 1.82) is 0 Å². The molecule has 2 heterocycles. The molecule has 12 heavy (non-hydrogen) atoms. The molecule has 1 spiro atoms. The summed E-state index contributed by atoms with van der Waals surface area (Å²) in [7, 11) is 0. The molecular weight excluding hydrogens is 156 g/mol. The summed E-state index contributed by atoms with van der Waals surface area (Å²) in [6.45, 7) is 3.30. The minimum Gasteiger partial charge on any atom is -0.387 e. The van der Waals surface area contributed by atoms with E-state index in [9.17, 15) is 4.79 Å². The largest absolute Gasteiger partial charge is 0.387 e. The van der Waals surface area contributed by atoms with E-state index < -0.39 is 0 Å². The van der Waals surface area contributed by atoms with Crippen LogP contribution in [0.1, 0.15) is 19.8 Å². The van der Waals surface area contributed by atoms with Crippen molar-refractivity contribution in [2.75, 3.05) is 13.1 Å². The smallest absolute Gasteiger partial charge is 0.177 e. The molecule has 0 aromatic carbocycles. The SMILES string of the molecule is CC(=O)C1=NOC2(CCNC2)C1. The van der Waals surface area contributed by atoms with Crippen molar-refractivity contribution in [2.24, 2.45) is 5.16 Å². The fourth-order valence-corrected chi connectivity index (χ4v) is 1.66. The number of Topliss-reactive ketones (excluding diaryl/α,β-unsaturated/α-hetero) is 1. The number of nitrogens with one attached hydrogen (secondary N) is 1. The van der Waals surface area contributed by atoms with Crippen molar-refractivity contribution in [1.82, 2.24) is 5.32 Å². The summed E-state index contributed by atoms with van der Waals surface area (Å²) in [5.74, 6) is 0.0266. The van der Waals surface area contributed by atoms with Crippen LogP contribution >= 0.6 is 0 Å². The lowest BCUT2D eigenvalue weighted by atomic mass is 9.95. The summed E-state index contributed by atoms with van der Waals surface area (Å²) in [6, 6.07) is 0. The van der Waals surface area contributed by atoms with Crippen molar-refractivity contribution in [2.45, 2.75) is 25.4 Å². The number of oxime groups is 1. The molecule has 2 rings (SSSR count). The molecule has 0 saturated carbocycles. The highest BCUT2D eigenvalue weighted by atomic mass is 16.7. The molecule has 1 N–H and O–H groups in total. The van der Waals surface area contributed by atoms with Gasteiger partial charge in [-0.15, -0.1) is 0 Å². The van der Waals surface area contributed by atoms with Gasteiger partial charge in [0.15, 0.2) is 11.4 Å². The zero-order valence-corrected chi connectivity index (χ0v) is 7.09. The van der Waals surface area contributed by atoms with Crippen LogP contribution in [0, 0.1) is 0 Å². The standard InChI is InChI=1S/C8H12N2O2/c1-6(11)7-4-8(12-10-7)2-3-9-5-8/h9H,2-5H2,1H3. The van der Waals surface area contributed by atoms with Crippen LogP contribution in [0.25, 0.3) is 0 Å². The number of hydrogen-bond acceptors (Lipinski definition) is 4. The Morgan fingerprint density at radius 2 is 2.58 bits per heavy atom. The van der Waals surface area contributed by atoms with E-state index in [4.69, 9.17) is 4.84 Å². The number of ketones is 1. The van der Waals surface area contributed by atoms with E-state index >= 15 is 0 Å². The summed E-state index contributed by atoms with van der Waals surface area (Å²) in [5, 5.41) is 7.00. The lowest BCUT2D eigenvalue weighted by Crippen LogP contribution is -2.32. The molecule has 0 radical (unpaired) electrons. The minimum absolute atomic E-state index is 0.0266. The first kappa shape index (κ1) is 7.73. The van der Waals surface area contributed by atoms with Crippen LogP contribution in [0.15, 0.2) is 5.16 Å². The second-order valence-electron chi connectivity index (χ2n) is 3.47. The third-order valence-corrected chi connectivity index (χ3v) is 2.45. The lowest BCUT2D eigenvalue weighted by molar-refractivity contribution is -0.111. The van der Waals surface area contributed by atoms with Gasteiger partial charge in [0.25, 0.3) is 0 Å².